The molecule has 0 radical (unpaired) electrons. The fourth-order valence-corrected chi connectivity index (χ4v) is 2.76. The summed E-state index contributed by atoms with van der Waals surface area (Å²) in [6.07, 6.45) is 1.98. The molecule has 25 heavy (non-hydrogen) atoms. The molecule has 0 aliphatic rings. The number of aromatic nitrogens is 2. The van der Waals surface area contributed by atoms with Crippen molar-refractivity contribution in [1.82, 2.24) is 14.7 Å². The number of rotatable bonds is 8. The summed E-state index contributed by atoms with van der Waals surface area (Å²) >= 11 is 0. The fourth-order valence-electron chi connectivity index (χ4n) is 2.76. The Morgan fingerprint density at radius 1 is 1.00 bits per heavy atom. The van der Waals surface area contributed by atoms with Crippen LogP contribution in [0.5, 0.6) is 5.75 Å². The van der Waals surface area contributed by atoms with Crippen LogP contribution in [0.1, 0.15) is 16.8 Å². The molecule has 0 unspecified atom stereocenters. The maximum absolute atomic E-state index is 5.77. The monoisotopic (exact) mass is 335 g/mol. The van der Waals surface area contributed by atoms with Crippen LogP contribution < -0.4 is 4.74 Å². The van der Waals surface area contributed by atoms with E-state index in [2.05, 4.69) is 52.9 Å². The van der Waals surface area contributed by atoms with E-state index in [0.717, 1.165) is 25.4 Å². The summed E-state index contributed by atoms with van der Waals surface area (Å²) in [6, 6.07) is 20.4. The van der Waals surface area contributed by atoms with Gasteiger partial charge in [-0.1, -0.05) is 48.5 Å². The zero-order valence-electron chi connectivity index (χ0n) is 14.9. The molecule has 0 atom stereocenters. The summed E-state index contributed by atoms with van der Waals surface area (Å²) in [5.41, 5.74) is 3.75. The van der Waals surface area contributed by atoms with Gasteiger partial charge in [0.25, 0.3) is 0 Å². The number of hydrogen-bond acceptors (Lipinski definition) is 3. The maximum atomic E-state index is 5.77. The average molecular weight is 335 g/mol. The highest BCUT2D eigenvalue weighted by Gasteiger charge is 2.09. The Kier molecular flexibility index (Phi) is 5.86. The molecular weight excluding hydrogens is 310 g/mol. The van der Waals surface area contributed by atoms with Gasteiger partial charge < -0.3 is 4.74 Å². The Morgan fingerprint density at radius 3 is 2.40 bits per heavy atom. The van der Waals surface area contributed by atoms with Crippen LogP contribution in [0.3, 0.4) is 0 Å². The van der Waals surface area contributed by atoms with Crippen molar-refractivity contribution in [2.45, 2.75) is 20.0 Å². The lowest BCUT2D eigenvalue weighted by molar-refractivity contribution is 0.232. The number of likely N-dealkylation sites (N-methyl/N-ethyl adjacent to an activating group) is 1. The summed E-state index contributed by atoms with van der Waals surface area (Å²) in [7, 11) is 2.11. The summed E-state index contributed by atoms with van der Waals surface area (Å²) in [5, 5.41) is 4.55. The van der Waals surface area contributed by atoms with Gasteiger partial charge in [0.1, 0.15) is 12.4 Å². The molecule has 0 amide bonds. The molecule has 0 bridgehead atoms. The number of nitrogens with zero attached hydrogens (tertiary/aromatic N) is 3. The Labute approximate surface area is 149 Å². The molecule has 3 rings (SSSR count). The molecule has 2 aromatic carbocycles. The Morgan fingerprint density at radius 2 is 1.68 bits per heavy atom. The van der Waals surface area contributed by atoms with Crippen molar-refractivity contribution in [3.63, 3.8) is 0 Å². The minimum Gasteiger partial charge on any atom is -0.492 e. The quantitative estimate of drug-likeness (QED) is 0.628. The van der Waals surface area contributed by atoms with Crippen molar-refractivity contribution in [3.8, 4) is 5.75 Å². The minimum atomic E-state index is 0.678. The zero-order chi connectivity index (χ0) is 17.5. The van der Waals surface area contributed by atoms with Crippen LogP contribution in [0.4, 0.5) is 0 Å². The van der Waals surface area contributed by atoms with E-state index in [9.17, 15) is 0 Å². The molecule has 0 N–H and O–H groups in total. The van der Waals surface area contributed by atoms with Crippen LogP contribution >= 0.6 is 0 Å². The van der Waals surface area contributed by atoms with Crippen molar-refractivity contribution in [2.75, 3.05) is 20.2 Å². The van der Waals surface area contributed by atoms with Crippen LogP contribution in [-0.2, 0) is 13.1 Å². The third kappa shape index (κ3) is 4.94. The molecule has 0 saturated carbocycles. The summed E-state index contributed by atoms with van der Waals surface area (Å²) in [4.78, 5) is 2.26. The highest BCUT2D eigenvalue weighted by Crippen LogP contribution is 2.12. The molecule has 1 heterocycles. The first-order valence-corrected chi connectivity index (χ1v) is 8.64. The standard InChI is InChI=1S/C21H25N3O/c1-18-20(15-22-24(18)16-19-9-5-3-6-10-19)17-23(2)13-14-25-21-11-7-4-8-12-21/h3-12,15H,13-14,16-17H2,1-2H3. The smallest absolute Gasteiger partial charge is 0.119 e. The van der Waals surface area contributed by atoms with Crippen LogP contribution in [0.25, 0.3) is 0 Å². The van der Waals surface area contributed by atoms with Gasteiger partial charge in [0.2, 0.25) is 0 Å². The van der Waals surface area contributed by atoms with Gasteiger partial charge in [-0.05, 0) is 31.7 Å². The molecule has 0 spiro atoms. The molecule has 0 fully saturated rings. The third-order valence-corrected chi connectivity index (χ3v) is 4.31. The van der Waals surface area contributed by atoms with Gasteiger partial charge in [0.05, 0.1) is 12.7 Å². The van der Waals surface area contributed by atoms with E-state index >= 15 is 0 Å². The van der Waals surface area contributed by atoms with Gasteiger partial charge in [-0.2, -0.15) is 5.10 Å². The number of ether oxygens (including phenoxy) is 1. The van der Waals surface area contributed by atoms with Crippen LogP contribution in [0.15, 0.2) is 66.9 Å². The van der Waals surface area contributed by atoms with Crippen LogP contribution in [0.2, 0.25) is 0 Å². The van der Waals surface area contributed by atoms with Crippen molar-refractivity contribution in [2.24, 2.45) is 0 Å². The van der Waals surface area contributed by atoms with Crippen molar-refractivity contribution in [3.05, 3.63) is 83.7 Å². The Balaban J connectivity index is 1.50. The molecule has 4 heteroatoms. The highest BCUT2D eigenvalue weighted by atomic mass is 16.5. The molecular formula is C21H25N3O. The number of hydrogen-bond donors (Lipinski definition) is 0. The lowest BCUT2D eigenvalue weighted by atomic mass is 10.2. The molecule has 0 aliphatic heterocycles. The summed E-state index contributed by atoms with van der Waals surface area (Å²) < 4.78 is 7.83. The van der Waals surface area contributed by atoms with Crippen molar-refractivity contribution < 1.29 is 4.74 Å². The second-order valence-electron chi connectivity index (χ2n) is 6.30. The Hall–Kier alpha value is -2.59. The first-order valence-electron chi connectivity index (χ1n) is 8.64. The van der Waals surface area contributed by atoms with E-state index in [4.69, 9.17) is 4.74 Å². The van der Waals surface area contributed by atoms with Gasteiger partial charge in [0, 0.05) is 24.3 Å². The lowest BCUT2D eigenvalue weighted by Gasteiger charge is -2.17. The maximum Gasteiger partial charge on any atom is 0.119 e. The predicted molar refractivity (Wildman–Crippen MR) is 101 cm³/mol. The van der Waals surface area contributed by atoms with Gasteiger partial charge in [-0.25, -0.2) is 0 Å². The average Bonchev–Trinajstić information content (AvgIpc) is 2.97. The first kappa shape index (κ1) is 17.2. The highest BCUT2D eigenvalue weighted by molar-refractivity contribution is 5.21. The molecule has 1 aromatic heterocycles. The van der Waals surface area contributed by atoms with Gasteiger partial charge in [-0.3, -0.25) is 9.58 Å². The van der Waals surface area contributed by atoms with E-state index in [1.807, 2.05) is 42.6 Å². The van der Waals surface area contributed by atoms with Gasteiger partial charge in [-0.15, -0.1) is 0 Å². The minimum absolute atomic E-state index is 0.678. The lowest BCUT2D eigenvalue weighted by Crippen LogP contribution is -2.24. The van der Waals surface area contributed by atoms with Crippen LogP contribution in [-0.4, -0.2) is 34.9 Å². The number of para-hydroxylation sites is 1. The van der Waals surface area contributed by atoms with E-state index in [1.165, 1.54) is 16.8 Å². The second-order valence-corrected chi connectivity index (χ2v) is 6.30. The topological polar surface area (TPSA) is 30.3 Å². The summed E-state index contributed by atoms with van der Waals surface area (Å²) in [6.45, 7) is 5.38. The predicted octanol–water partition coefficient (Wildman–Crippen LogP) is 3.75. The van der Waals surface area contributed by atoms with Crippen molar-refractivity contribution in [1.29, 1.82) is 0 Å². The second kappa shape index (κ2) is 8.49. The summed E-state index contributed by atoms with van der Waals surface area (Å²) in [5.74, 6) is 0.919. The molecule has 4 nitrogen and oxygen atoms in total. The SMILES string of the molecule is Cc1c(CN(C)CCOc2ccccc2)cnn1Cc1ccccc1. The molecule has 130 valence electrons. The zero-order valence-corrected chi connectivity index (χ0v) is 14.9. The van der Waals surface area contributed by atoms with Crippen LogP contribution in [0, 0.1) is 6.92 Å². The van der Waals surface area contributed by atoms with E-state index in [0.29, 0.717) is 6.61 Å². The van der Waals surface area contributed by atoms with E-state index in [-0.39, 0.29) is 0 Å². The molecule has 0 saturated heterocycles. The van der Waals surface area contributed by atoms with Gasteiger partial charge >= 0.3 is 0 Å². The normalized spacial score (nSPS) is 11.0. The van der Waals surface area contributed by atoms with Crippen molar-refractivity contribution >= 4 is 0 Å². The number of benzene rings is 2. The fraction of sp³-hybridized carbons (Fsp3) is 0.286. The van der Waals surface area contributed by atoms with Gasteiger partial charge in [0.15, 0.2) is 0 Å². The first-order chi connectivity index (χ1) is 12.2. The largest absolute Gasteiger partial charge is 0.492 e. The Bertz CT molecular complexity index is 768. The van der Waals surface area contributed by atoms with E-state index in [1.54, 1.807) is 0 Å². The van der Waals surface area contributed by atoms with E-state index < -0.39 is 0 Å². The molecule has 0 aliphatic carbocycles. The molecule has 3 aromatic rings. The third-order valence-electron chi connectivity index (χ3n) is 4.31.